The number of carbonyl (C=O) groups is 2. The molecular formula is C24H33N3O4S. The largest absolute Gasteiger partial charge is 0.355 e. The third-order valence-corrected chi connectivity index (χ3v) is 6.44. The van der Waals surface area contributed by atoms with Crippen molar-refractivity contribution in [3.63, 3.8) is 0 Å². The molecule has 2 rings (SSSR count). The van der Waals surface area contributed by atoms with E-state index in [9.17, 15) is 18.0 Å². The topological polar surface area (TPSA) is 86.8 Å². The minimum Gasteiger partial charge on any atom is -0.355 e. The fourth-order valence-corrected chi connectivity index (χ4v) is 4.37. The van der Waals surface area contributed by atoms with E-state index in [0.29, 0.717) is 25.2 Å². The molecule has 0 saturated carbocycles. The first kappa shape index (κ1) is 25.4. The Kier molecular flexibility index (Phi) is 8.83. The number of amides is 2. The van der Waals surface area contributed by atoms with Gasteiger partial charge in [-0.15, -0.1) is 0 Å². The summed E-state index contributed by atoms with van der Waals surface area (Å²) >= 11 is 0. The van der Waals surface area contributed by atoms with Gasteiger partial charge in [-0.2, -0.15) is 0 Å². The number of nitrogens with zero attached hydrogens (tertiary/aromatic N) is 2. The molecule has 2 aromatic carbocycles. The third-order valence-electron chi connectivity index (χ3n) is 5.32. The van der Waals surface area contributed by atoms with E-state index in [2.05, 4.69) is 5.32 Å². The smallest absolute Gasteiger partial charge is 0.244 e. The van der Waals surface area contributed by atoms with Gasteiger partial charge in [0.2, 0.25) is 21.8 Å². The second-order valence-corrected chi connectivity index (χ2v) is 9.86. The van der Waals surface area contributed by atoms with Crippen LogP contribution in [0, 0.1) is 13.8 Å². The van der Waals surface area contributed by atoms with Crippen LogP contribution in [0.5, 0.6) is 0 Å². The minimum absolute atomic E-state index is 0.272. The van der Waals surface area contributed by atoms with E-state index in [0.717, 1.165) is 27.3 Å². The molecule has 7 nitrogen and oxygen atoms in total. The molecule has 0 radical (unpaired) electrons. The summed E-state index contributed by atoms with van der Waals surface area (Å²) in [5, 5.41) is 2.75. The second kappa shape index (κ2) is 11.1. The van der Waals surface area contributed by atoms with Gasteiger partial charge in [-0.25, -0.2) is 8.42 Å². The molecule has 0 aliphatic rings. The molecular weight excluding hydrogens is 426 g/mol. The van der Waals surface area contributed by atoms with E-state index in [1.54, 1.807) is 13.0 Å². The molecule has 0 aliphatic carbocycles. The van der Waals surface area contributed by atoms with E-state index in [1.165, 1.54) is 4.90 Å². The molecule has 1 unspecified atom stereocenters. The van der Waals surface area contributed by atoms with Gasteiger partial charge in [-0.05, 0) is 56.9 Å². The predicted octanol–water partition coefficient (Wildman–Crippen LogP) is 2.67. The van der Waals surface area contributed by atoms with Gasteiger partial charge in [0.25, 0.3) is 0 Å². The lowest BCUT2D eigenvalue weighted by Crippen LogP contribution is -2.52. The first-order valence-corrected chi connectivity index (χ1v) is 12.6. The van der Waals surface area contributed by atoms with Crippen molar-refractivity contribution in [3.05, 3.63) is 65.2 Å². The normalized spacial score (nSPS) is 12.2. The van der Waals surface area contributed by atoms with Gasteiger partial charge >= 0.3 is 0 Å². The van der Waals surface area contributed by atoms with Crippen LogP contribution < -0.4 is 9.62 Å². The van der Waals surface area contributed by atoms with E-state index in [-0.39, 0.29) is 12.5 Å². The minimum atomic E-state index is -3.72. The Balaban J connectivity index is 2.34. The van der Waals surface area contributed by atoms with Crippen LogP contribution in [0.15, 0.2) is 48.5 Å². The van der Waals surface area contributed by atoms with Crippen molar-refractivity contribution in [2.24, 2.45) is 0 Å². The molecule has 0 spiro atoms. The van der Waals surface area contributed by atoms with E-state index in [1.807, 2.05) is 63.2 Å². The van der Waals surface area contributed by atoms with Crippen LogP contribution in [0.1, 0.15) is 30.5 Å². The Morgan fingerprint density at radius 2 is 1.72 bits per heavy atom. The lowest BCUT2D eigenvalue weighted by atomic mass is 10.1. The number of hydrogen-bond donors (Lipinski definition) is 1. The number of likely N-dealkylation sites (N-methyl/N-ethyl adjacent to an activating group) is 1. The molecule has 0 bridgehead atoms. The Morgan fingerprint density at radius 3 is 2.31 bits per heavy atom. The fourth-order valence-electron chi connectivity index (χ4n) is 3.47. The summed E-state index contributed by atoms with van der Waals surface area (Å²) in [6.07, 6.45) is 1.64. The molecule has 2 amide bonds. The Morgan fingerprint density at radius 1 is 1.06 bits per heavy atom. The number of carbonyl (C=O) groups excluding carboxylic acids is 2. The lowest BCUT2D eigenvalue weighted by molar-refractivity contribution is -0.138. The highest BCUT2D eigenvalue weighted by molar-refractivity contribution is 7.92. The summed E-state index contributed by atoms with van der Waals surface area (Å²) in [4.78, 5) is 27.4. The zero-order valence-corrected chi connectivity index (χ0v) is 20.3. The second-order valence-electron chi connectivity index (χ2n) is 7.95. The predicted molar refractivity (Wildman–Crippen MR) is 128 cm³/mol. The van der Waals surface area contributed by atoms with Gasteiger partial charge in [0.15, 0.2) is 0 Å². The summed E-state index contributed by atoms with van der Waals surface area (Å²) in [5.74, 6) is -0.697. The number of hydrogen-bond acceptors (Lipinski definition) is 4. The number of aryl methyl sites for hydroxylation is 2. The molecule has 0 fully saturated rings. The van der Waals surface area contributed by atoms with E-state index in [4.69, 9.17) is 0 Å². The molecule has 0 aromatic heterocycles. The zero-order valence-electron chi connectivity index (χ0n) is 19.5. The van der Waals surface area contributed by atoms with Crippen LogP contribution in [0.3, 0.4) is 0 Å². The molecule has 8 heteroatoms. The maximum atomic E-state index is 13.4. The van der Waals surface area contributed by atoms with Crippen molar-refractivity contribution in [1.82, 2.24) is 10.2 Å². The highest BCUT2D eigenvalue weighted by Gasteiger charge is 2.30. The van der Waals surface area contributed by atoms with E-state index >= 15 is 0 Å². The maximum Gasteiger partial charge on any atom is 0.244 e. The number of nitrogens with one attached hydrogen (secondary N) is 1. The number of rotatable bonds is 10. The summed E-state index contributed by atoms with van der Waals surface area (Å²) in [6, 6.07) is 14.4. The molecule has 2 aromatic rings. The van der Waals surface area contributed by atoms with Crippen molar-refractivity contribution in [2.75, 3.05) is 30.2 Å². The van der Waals surface area contributed by atoms with Gasteiger partial charge in [0.1, 0.15) is 12.6 Å². The summed E-state index contributed by atoms with van der Waals surface area (Å²) in [5.41, 5.74) is 3.14. The van der Waals surface area contributed by atoms with Gasteiger partial charge < -0.3 is 10.2 Å². The average Bonchev–Trinajstić information content (AvgIpc) is 2.74. The lowest BCUT2D eigenvalue weighted by Gasteiger charge is -2.32. The highest BCUT2D eigenvalue weighted by atomic mass is 32.2. The van der Waals surface area contributed by atoms with Crippen molar-refractivity contribution in [1.29, 1.82) is 0 Å². The van der Waals surface area contributed by atoms with Crippen LogP contribution >= 0.6 is 0 Å². The molecule has 1 N–H and O–H groups in total. The number of anilines is 1. The van der Waals surface area contributed by atoms with Crippen LogP contribution in [0.2, 0.25) is 0 Å². The first-order chi connectivity index (χ1) is 15.0. The Bertz CT molecular complexity index is 1040. The highest BCUT2D eigenvalue weighted by Crippen LogP contribution is 2.24. The van der Waals surface area contributed by atoms with Gasteiger partial charge in [-0.3, -0.25) is 13.9 Å². The average molecular weight is 460 g/mol. The van der Waals surface area contributed by atoms with Crippen LogP contribution in [-0.2, 0) is 26.0 Å². The molecule has 1 atom stereocenters. The Labute approximate surface area is 191 Å². The van der Waals surface area contributed by atoms with Crippen molar-refractivity contribution < 1.29 is 18.0 Å². The third kappa shape index (κ3) is 6.82. The molecule has 0 aliphatic heterocycles. The molecule has 0 saturated heterocycles. The van der Waals surface area contributed by atoms with Crippen molar-refractivity contribution in [2.45, 2.75) is 40.2 Å². The van der Waals surface area contributed by atoms with Crippen LogP contribution in [-0.4, -0.2) is 57.1 Å². The molecule has 0 heterocycles. The van der Waals surface area contributed by atoms with E-state index < -0.39 is 22.0 Å². The van der Waals surface area contributed by atoms with Gasteiger partial charge in [0.05, 0.1) is 11.9 Å². The summed E-state index contributed by atoms with van der Waals surface area (Å²) < 4.78 is 26.4. The molecule has 32 heavy (non-hydrogen) atoms. The van der Waals surface area contributed by atoms with Crippen LogP contribution in [0.4, 0.5) is 5.69 Å². The van der Waals surface area contributed by atoms with Crippen molar-refractivity contribution >= 4 is 27.5 Å². The SMILES string of the molecule is CCNC(=O)C(C)N(CCc1ccccc1)C(=O)CN(c1cc(C)ccc1C)S(C)(=O)=O. The maximum absolute atomic E-state index is 13.4. The Hall–Kier alpha value is -2.87. The summed E-state index contributed by atoms with van der Waals surface area (Å²) in [6.45, 7) is 7.52. The number of benzene rings is 2. The van der Waals surface area contributed by atoms with Gasteiger partial charge in [0, 0.05) is 13.1 Å². The zero-order chi connectivity index (χ0) is 23.9. The molecule has 174 valence electrons. The van der Waals surface area contributed by atoms with Crippen LogP contribution in [0.25, 0.3) is 0 Å². The fraction of sp³-hybridized carbons (Fsp3) is 0.417. The summed E-state index contributed by atoms with van der Waals surface area (Å²) in [7, 11) is -3.72. The van der Waals surface area contributed by atoms with Gasteiger partial charge in [-0.1, -0.05) is 42.5 Å². The quantitative estimate of drug-likeness (QED) is 0.592. The first-order valence-electron chi connectivity index (χ1n) is 10.7. The number of sulfonamides is 1. The standard InChI is InChI=1S/C24H33N3O4S/c1-6-25-24(29)20(4)26(15-14-21-10-8-7-9-11-21)23(28)17-27(32(5,30)31)22-16-18(2)12-13-19(22)3/h7-13,16,20H,6,14-15,17H2,1-5H3,(H,25,29). The van der Waals surface area contributed by atoms with Crippen molar-refractivity contribution in [3.8, 4) is 0 Å². The monoisotopic (exact) mass is 459 g/mol.